The molecule has 1 aromatic carbocycles. The Hall–Kier alpha value is -2.10. The highest BCUT2D eigenvalue weighted by atomic mass is 16.5. The third-order valence-corrected chi connectivity index (χ3v) is 2.85. The molecule has 0 aliphatic heterocycles. The smallest absolute Gasteiger partial charge is 0.305 e. The van der Waals surface area contributed by atoms with E-state index in [0.717, 1.165) is 11.2 Å². The number of aromatic amines is 1. The maximum Gasteiger partial charge on any atom is 0.305 e. The van der Waals surface area contributed by atoms with Gasteiger partial charge in [-0.2, -0.15) is 0 Å². The van der Waals surface area contributed by atoms with Crippen LogP contribution in [0.1, 0.15) is 18.5 Å². The molecule has 0 unspecified atom stereocenters. The molecular weight excluding hydrogens is 230 g/mol. The van der Waals surface area contributed by atoms with Crippen LogP contribution in [0, 0.1) is 0 Å². The van der Waals surface area contributed by atoms with Gasteiger partial charge in [0.15, 0.2) is 5.43 Å². The predicted molar refractivity (Wildman–Crippen MR) is 69.5 cm³/mol. The number of carbonyl (C=O) groups excluding carboxylic acids is 1. The Bertz CT molecular complexity index is 616. The summed E-state index contributed by atoms with van der Waals surface area (Å²) in [7, 11) is 1.38. The van der Waals surface area contributed by atoms with Crippen molar-refractivity contribution in [3.8, 4) is 0 Å². The molecule has 4 nitrogen and oxygen atoms in total. The second kappa shape index (κ2) is 5.49. The molecule has 0 aliphatic carbocycles. The van der Waals surface area contributed by atoms with Crippen LogP contribution in [-0.4, -0.2) is 18.1 Å². The number of carbonyl (C=O) groups is 1. The summed E-state index contributed by atoms with van der Waals surface area (Å²) in [5.74, 6) is -0.224. The number of aromatic nitrogens is 1. The molecule has 0 bridgehead atoms. The predicted octanol–water partition coefficient (Wildman–Crippen LogP) is 2.02. The number of nitrogens with one attached hydrogen (secondary N) is 1. The highest BCUT2D eigenvalue weighted by Crippen LogP contribution is 2.09. The summed E-state index contributed by atoms with van der Waals surface area (Å²) in [6.45, 7) is 0. The Morgan fingerprint density at radius 3 is 2.89 bits per heavy atom. The summed E-state index contributed by atoms with van der Waals surface area (Å²) in [6.07, 6.45) is 1.70. The number of ether oxygens (including phenoxy) is 1. The highest BCUT2D eigenvalue weighted by molar-refractivity contribution is 5.78. The zero-order valence-corrected chi connectivity index (χ0v) is 10.2. The first kappa shape index (κ1) is 12.4. The molecule has 1 aromatic heterocycles. The fourth-order valence-corrected chi connectivity index (χ4v) is 1.91. The first-order chi connectivity index (χ1) is 8.70. The van der Waals surface area contributed by atoms with Gasteiger partial charge in [0, 0.05) is 29.1 Å². The van der Waals surface area contributed by atoms with Crippen molar-refractivity contribution < 1.29 is 9.53 Å². The first-order valence-corrected chi connectivity index (χ1v) is 5.88. The van der Waals surface area contributed by atoms with Gasteiger partial charge in [-0.25, -0.2) is 0 Å². The summed E-state index contributed by atoms with van der Waals surface area (Å²) >= 11 is 0. The Kier molecular flexibility index (Phi) is 3.77. The number of benzene rings is 1. The lowest BCUT2D eigenvalue weighted by atomic mass is 10.1. The molecule has 0 saturated carbocycles. The van der Waals surface area contributed by atoms with E-state index in [2.05, 4.69) is 9.72 Å². The van der Waals surface area contributed by atoms with Crippen LogP contribution >= 0.6 is 0 Å². The number of H-pyrrole nitrogens is 1. The Balaban J connectivity index is 2.15. The summed E-state index contributed by atoms with van der Waals surface area (Å²) in [5, 5.41) is 0.689. The average molecular weight is 245 g/mol. The van der Waals surface area contributed by atoms with E-state index in [1.54, 1.807) is 12.1 Å². The zero-order valence-electron chi connectivity index (χ0n) is 10.2. The van der Waals surface area contributed by atoms with Crippen LogP contribution in [0.3, 0.4) is 0 Å². The summed E-state index contributed by atoms with van der Waals surface area (Å²) in [6, 6.07) is 9.00. The zero-order chi connectivity index (χ0) is 13.0. The van der Waals surface area contributed by atoms with Crippen molar-refractivity contribution in [1.82, 2.24) is 4.98 Å². The third-order valence-electron chi connectivity index (χ3n) is 2.85. The van der Waals surface area contributed by atoms with Crippen LogP contribution in [0.15, 0.2) is 35.1 Å². The van der Waals surface area contributed by atoms with Crippen molar-refractivity contribution in [1.29, 1.82) is 0 Å². The van der Waals surface area contributed by atoms with Gasteiger partial charge in [-0.15, -0.1) is 0 Å². The quantitative estimate of drug-likeness (QED) is 0.838. The van der Waals surface area contributed by atoms with E-state index in [1.807, 2.05) is 18.2 Å². The Morgan fingerprint density at radius 1 is 1.33 bits per heavy atom. The van der Waals surface area contributed by atoms with Gasteiger partial charge in [0.1, 0.15) is 0 Å². The lowest BCUT2D eigenvalue weighted by molar-refractivity contribution is -0.140. The second-order valence-corrected chi connectivity index (χ2v) is 4.13. The fourth-order valence-electron chi connectivity index (χ4n) is 1.91. The van der Waals surface area contributed by atoms with Gasteiger partial charge in [-0.05, 0) is 25.0 Å². The molecule has 0 spiro atoms. The fraction of sp³-hybridized carbons (Fsp3) is 0.286. The van der Waals surface area contributed by atoms with E-state index in [0.29, 0.717) is 24.6 Å². The topological polar surface area (TPSA) is 59.2 Å². The minimum atomic E-state index is -0.224. The third kappa shape index (κ3) is 2.77. The molecule has 1 heterocycles. The molecule has 0 amide bonds. The summed E-state index contributed by atoms with van der Waals surface area (Å²) < 4.78 is 4.57. The number of methoxy groups -OCH3 is 1. The molecule has 0 aliphatic rings. The number of esters is 1. The molecule has 0 radical (unpaired) electrons. The highest BCUT2D eigenvalue weighted by Gasteiger charge is 2.03. The normalized spacial score (nSPS) is 10.5. The average Bonchev–Trinajstić information content (AvgIpc) is 2.38. The maximum absolute atomic E-state index is 11.8. The maximum atomic E-state index is 11.8. The van der Waals surface area contributed by atoms with Gasteiger partial charge in [0.05, 0.1) is 7.11 Å². The molecule has 1 N–H and O–H groups in total. The standard InChI is InChI=1S/C14H15NO3/c1-18-14(17)8-4-5-10-9-13(16)11-6-2-3-7-12(11)15-10/h2-3,6-7,9H,4-5,8H2,1H3,(H,15,16). The SMILES string of the molecule is COC(=O)CCCc1cc(=O)c2ccccc2[nH]1. The van der Waals surface area contributed by atoms with Crippen LogP contribution in [-0.2, 0) is 16.0 Å². The van der Waals surface area contributed by atoms with Gasteiger partial charge < -0.3 is 9.72 Å². The van der Waals surface area contributed by atoms with Gasteiger partial charge in [-0.1, -0.05) is 12.1 Å². The molecule has 0 saturated heterocycles. The van der Waals surface area contributed by atoms with Crippen molar-refractivity contribution in [3.05, 3.63) is 46.2 Å². The Labute approximate surface area is 105 Å². The van der Waals surface area contributed by atoms with Crippen molar-refractivity contribution in [2.45, 2.75) is 19.3 Å². The number of rotatable bonds is 4. The molecule has 2 aromatic rings. The van der Waals surface area contributed by atoms with Gasteiger partial charge in [0.2, 0.25) is 0 Å². The van der Waals surface area contributed by atoms with E-state index in [1.165, 1.54) is 7.11 Å². The van der Waals surface area contributed by atoms with Gasteiger partial charge in [-0.3, -0.25) is 9.59 Å². The van der Waals surface area contributed by atoms with Crippen LogP contribution in [0.5, 0.6) is 0 Å². The molecular formula is C14H15NO3. The molecule has 2 rings (SSSR count). The minimum absolute atomic E-state index is 0.0115. The molecule has 4 heteroatoms. The number of para-hydroxylation sites is 1. The number of pyridine rings is 1. The number of fused-ring (bicyclic) bond motifs is 1. The van der Waals surface area contributed by atoms with Crippen LogP contribution in [0.2, 0.25) is 0 Å². The monoisotopic (exact) mass is 245 g/mol. The van der Waals surface area contributed by atoms with Crippen molar-refractivity contribution in [3.63, 3.8) is 0 Å². The molecule has 94 valence electrons. The van der Waals surface area contributed by atoms with E-state index >= 15 is 0 Å². The lowest BCUT2D eigenvalue weighted by Crippen LogP contribution is -2.06. The molecule has 18 heavy (non-hydrogen) atoms. The van der Waals surface area contributed by atoms with Crippen molar-refractivity contribution in [2.75, 3.05) is 7.11 Å². The van der Waals surface area contributed by atoms with E-state index in [4.69, 9.17) is 0 Å². The van der Waals surface area contributed by atoms with E-state index in [-0.39, 0.29) is 11.4 Å². The molecule has 0 fully saturated rings. The molecule has 0 atom stereocenters. The number of hydrogen-bond donors (Lipinski definition) is 1. The largest absolute Gasteiger partial charge is 0.469 e. The second-order valence-electron chi connectivity index (χ2n) is 4.13. The van der Waals surface area contributed by atoms with E-state index < -0.39 is 0 Å². The van der Waals surface area contributed by atoms with Crippen molar-refractivity contribution in [2.24, 2.45) is 0 Å². The number of hydrogen-bond acceptors (Lipinski definition) is 3. The van der Waals surface area contributed by atoms with Crippen molar-refractivity contribution >= 4 is 16.9 Å². The summed E-state index contributed by atoms with van der Waals surface area (Å²) in [4.78, 5) is 26.0. The minimum Gasteiger partial charge on any atom is -0.469 e. The summed E-state index contributed by atoms with van der Waals surface area (Å²) in [5.41, 5.74) is 1.69. The Morgan fingerprint density at radius 2 is 2.11 bits per heavy atom. The number of aryl methyl sites for hydroxylation is 1. The van der Waals surface area contributed by atoms with Gasteiger partial charge in [0.25, 0.3) is 0 Å². The van der Waals surface area contributed by atoms with Gasteiger partial charge >= 0.3 is 5.97 Å². The lowest BCUT2D eigenvalue weighted by Gasteiger charge is -2.04. The first-order valence-electron chi connectivity index (χ1n) is 5.88. The van der Waals surface area contributed by atoms with Crippen LogP contribution in [0.25, 0.3) is 10.9 Å². The van der Waals surface area contributed by atoms with Crippen LogP contribution < -0.4 is 5.43 Å². The van der Waals surface area contributed by atoms with E-state index in [9.17, 15) is 9.59 Å². The van der Waals surface area contributed by atoms with Crippen LogP contribution in [0.4, 0.5) is 0 Å².